The first kappa shape index (κ1) is 15.4. The van der Waals surface area contributed by atoms with Crippen LogP contribution in [0, 0.1) is 19.7 Å². The van der Waals surface area contributed by atoms with Crippen LogP contribution in [-0.4, -0.2) is 30.1 Å². The number of fused-ring (bicyclic) bond motifs is 1. The van der Waals surface area contributed by atoms with E-state index in [-0.39, 0.29) is 21.3 Å². The Labute approximate surface area is 132 Å². The number of benzene rings is 1. The molecule has 120 valence electrons. The molecule has 2 heterocycles. The summed E-state index contributed by atoms with van der Waals surface area (Å²) in [6.45, 7) is 3.54. The largest absolute Gasteiger partial charge is 0.479 e. The van der Waals surface area contributed by atoms with E-state index in [9.17, 15) is 12.8 Å². The molecule has 0 bridgehead atoms. The molecule has 3 rings (SSSR count). The lowest BCUT2D eigenvalue weighted by Gasteiger charge is -2.05. The molecule has 2 aromatic heterocycles. The van der Waals surface area contributed by atoms with Crippen molar-refractivity contribution in [3.05, 3.63) is 47.5 Å². The van der Waals surface area contributed by atoms with Gasteiger partial charge in [-0.15, -0.1) is 5.10 Å². The minimum atomic E-state index is -4.03. The van der Waals surface area contributed by atoms with Crippen LogP contribution < -0.4 is 4.74 Å². The molecule has 23 heavy (non-hydrogen) atoms. The second-order valence-electron chi connectivity index (χ2n) is 5.07. The molecule has 0 spiro atoms. The van der Waals surface area contributed by atoms with Crippen LogP contribution >= 0.6 is 0 Å². The fourth-order valence-electron chi connectivity index (χ4n) is 2.40. The summed E-state index contributed by atoms with van der Waals surface area (Å²) in [6.07, 6.45) is 0. The molecule has 0 aliphatic heterocycles. The number of sulfone groups is 1. The Morgan fingerprint density at radius 3 is 2.61 bits per heavy atom. The average molecular weight is 335 g/mol. The molecule has 0 unspecified atom stereocenters. The van der Waals surface area contributed by atoms with Crippen molar-refractivity contribution in [1.82, 2.24) is 14.6 Å². The van der Waals surface area contributed by atoms with Crippen LogP contribution in [0.15, 0.2) is 40.1 Å². The zero-order chi connectivity index (χ0) is 16.8. The van der Waals surface area contributed by atoms with E-state index >= 15 is 0 Å². The van der Waals surface area contributed by atoms with Gasteiger partial charge in [-0.3, -0.25) is 0 Å². The topological polar surface area (TPSA) is 73.6 Å². The van der Waals surface area contributed by atoms with Crippen LogP contribution in [0.4, 0.5) is 4.39 Å². The predicted molar refractivity (Wildman–Crippen MR) is 80.9 cm³/mol. The van der Waals surface area contributed by atoms with Crippen LogP contribution in [0.5, 0.6) is 5.88 Å². The first-order valence-electron chi connectivity index (χ1n) is 6.76. The first-order chi connectivity index (χ1) is 10.8. The number of halogens is 1. The SMILES string of the molecule is COc1nn2c(C)cc(C)nc2c1S(=O)(=O)c1cccc(F)c1. The van der Waals surface area contributed by atoms with Crippen molar-refractivity contribution in [2.75, 3.05) is 7.11 Å². The number of hydrogen-bond acceptors (Lipinski definition) is 5. The molecular weight excluding hydrogens is 321 g/mol. The maximum absolute atomic E-state index is 13.4. The molecule has 0 radical (unpaired) electrons. The minimum absolute atomic E-state index is 0.0736. The zero-order valence-corrected chi connectivity index (χ0v) is 13.6. The highest BCUT2D eigenvalue weighted by molar-refractivity contribution is 7.91. The van der Waals surface area contributed by atoms with Gasteiger partial charge in [-0.1, -0.05) is 6.07 Å². The standard InChI is InChI=1S/C15H14FN3O3S/c1-9-7-10(2)19-14(17-9)13(15(18-19)22-3)23(20,21)12-6-4-5-11(16)8-12/h4-8H,1-3H3. The van der Waals surface area contributed by atoms with E-state index in [0.29, 0.717) is 11.4 Å². The van der Waals surface area contributed by atoms with Gasteiger partial charge in [-0.2, -0.15) is 0 Å². The number of aromatic nitrogens is 3. The van der Waals surface area contributed by atoms with Crippen LogP contribution in [-0.2, 0) is 9.84 Å². The van der Waals surface area contributed by atoms with E-state index in [4.69, 9.17) is 4.74 Å². The van der Waals surface area contributed by atoms with E-state index in [2.05, 4.69) is 10.1 Å². The fraction of sp³-hybridized carbons (Fsp3) is 0.200. The molecule has 0 saturated heterocycles. The Morgan fingerprint density at radius 2 is 1.96 bits per heavy atom. The molecule has 1 aromatic carbocycles. The van der Waals surface area contributed by atoms with Gasteiger partial charge >= 0.3 is 0 Å². The summed E-state index contributed by atoms with van der Waals surface area (Å²) in [7, 11) is -2.70. The number of aryl methyl sites for hydroxylation is 2. The fourth-order valence-corrected chi connectivity index (χ4v) is 3.89. The van der Waals surface area contributed by atoms with Crippen molar-refractivity contribution in [2.45, 2.75) is 23.6 Å². The van der Waals surface area contributed by atoms with Crippen LogP contribution in [0.3, 0.4) is 0 Å². The third-order valence-corrected chi connectivity index (χ3v) is 5.16. The molecule has 3 aromatic rings. The van der Waals surface area contributed by atoms with Crippen LogP contribution in [0.2, 0.25) is 0 Å². The monoisotopic (exact) mass is 335 g/mol. The van der Waals surface area contributed by atoms with Gasteiger partial charge in [-0.25, -0.2) is 22.3 Å². The lowest BCUT2D eigenvalue weighted by Crippen LogP contribution is -2.05. The highest BCUT2D eigenvalue weighted by atomic mass is 32.2. The number of rotatable bonds is 3. The molecule has 0 N–H and O–H groups in total. The van der Waals surface area contributed by atoms with Crippen molar-refractivity contribution in [1.29, 1.82) is 0 Å². The van der Waals surface area contributed by atoms with Gasteiger partial charge in [0, 0.05) is 11.4 Å². The summed E-state index contributed by atoms with van der Waals surface area (Å²) in [5.41, 5.74) is 1.52. The van der Waals surface area contributed by atoms with Crippen molar-refractivity contribution in [3.63, 3.8) is 0 Å². The number of ether oxygens (including phenoxy) is 1. The third-order valence-electron chi connectivity index (χ3n) is 3.39. The molecule has 0 saturated carbocycles. The van der Waals surface area contributed by atoms with Crippen molar-refractivity contribution in [2.24, 2.45) is 0 Å². The third kappa shape index (κ3) is 2.44. The van der Waals surface area contributed by atoms with Gasteiger partial charge in [0.05, 0.1) is 12.0 Å². The number of methoxy groups -OCH3 is 1. The van der Waals surface area contributed by atoms with E-state index in [1.807, 2.05) is 0 Å². The summed E-state index contributed by atoms with van der Waals surface area (Å²) in [6, 6.07) is 6.58. The molecule has 8 heteroatoms. The Morgan fingerprint density at radius 1 is 1.22 bits per heavy atom. The Hall–Kier alpha value is -2.48. The lowest BCUT2D eigenvalue weighted by molar-refractivity contribution is 0.384. The molecule has 0 aliphatic carbocycles. The molecule has 6 nitrogen and oxygen atoms in total. The van der Waals surface area contributed by atoms with Gasteiger partial charge in [-0.05, 0) is 38.1 Å². The van der Waals surface area contributed by atoms with E-state index < -0.39 is 15.7 Å². The first-order valence-corrected chi connectivity index (χ1v) is 8.24. The summed E-state index contributed by atoms with van der Waals surface area (Å²) in [5, 5.41) is 4.15. The second kappa shape index (κ2) is 5.31. The van der Waals surface area contributed by atoms with E-state index in [1.54, 1.807) is 19.9 Å². The van der Waals surface area contributed by atoms with Crippen LogP contribution in [0.25, 0.3) is 5.65 Å². The van der Waals surface area contributed by atoms with E-state index in [0.717, 1.165) is 6.07 Å². The smallest absolute Gasteiger partial charge is 0.254 e. The van der Waals surface area contributed by atoms with E-state index in [1.165, 1.54) is 29.8 Å². The average Bonchev–Trinajstić information content (AvgIpc) is 2.86. The van der Waals surface area contributed by atoms with Crippen molar-refractivity contribution in [3.8, 4) is 5.88 Å². The van der Waals surface area contributed by atoms with Crippen molar-refractivity contribution < 1.29 is 17.5 Å². The quantitative estimate of drug-likeness (QED) is 0.734. The molecule has 0 amide bonds. The highest BCUT2D eigenvalue weighted by Crippen LogP contribution is 2.32. The summed E-state index contributed by atoms with van der Waals surface area (Å²) >= 11 is 0. The maximum Gasteiger partial charge on any atom is 0.254 e. The zero-order valence-electron chi connectivity index (χ0n) is 12.7. The Balaban J connectivity index is 2.39. The van der Waals surface area contributed by atoms with Gasteiger partial charge < -0.3 is 4.74 Å². The molecule has 0 atom stereocenters. The second-order valence-corrected chi connectivity index (χ2v) is 6.96. The minimum Gasteiger partial charge on any atom is -0.479 e. The predicted octanol–water partition coefficient (Wildman–Crippen LogP) is 2.33. The van der Waals surface area contributed by atoms with Gasteiger partial charge in [0.25, 0.3) is 5.88 Å². The van der Waals surface area contributed by atoms with Gasteiger partial charge in [0.1, 0.15) is 5.82 Å². The highest BCUT2D eigenvalue weighted by Gasteiger charge is 2.30. The Kier molecular flexibility index (Phi) is 3.56. The summed E-state index contributed by atoms with van der Waals surface area (Å²) < 4.78 is 45.8. The Bertz CT molecular complexity index is 1010. The van der Waals surface area contributed by atoms with Gasteiger partial charge in [0.15, 0.2) is 10.5 Å². The maximum atomic E-state index is 13.4. The molecular formula is C15H14FN3O3S. The molecule has 0 fully saturated rings. The molecule has 0 aliphatic rings. The number of hydrogen-bond donors (Lipinski definition) is 0. The number of nitrogens with zero attached hydrogens (tertiary/aromatic N) is 3. The lowest BCUT2D eigenvalue weighted by atomic mass is 10.3. The van der Waals surface area contributed by atoms with Gasteiger partial charge in [0.2, 0.25) is 9.84 Å². The normalized spacial score (nSPS) is 11.8. The summed E-state index contributed by atoms with van der Waals surface area (Å²) in [5.74, 6) is -0.711. The summed E-state index contributed by atoms with van der Waals surface area (Å²) in [4.78, 5) is 3.92. The van der Waals surface area contributed by atoms with Crippen molar-refractivity contribution >= 4 is 15.5 Å². The van der Waals surface area contributed by atoms with Crippen LogP contribution in [0.1, 0.15) is 11.4 Å².